The zero-order valence-electron chi connectivity index (χ0n) is 14.3. The largest absolute Gasteiger partial charge is 0.299 e. The Morgan fingerprint density at radius 2 is 1.57 bits per heavy atom. The van der Waals surface area contributed by atoms with Gasteiger partial charge in [0.1, 0.15) is 6.29 Å². The molecule has 0 fully saturated rings. The van der Waals surface area contributed by atoms with E-state index >= 15 is 0 Å². The zero-order chi connectivity index (χ0) is 16.8. The highest BCUT2D eigenvalue weighted by Gasteiger charge is 2.14. The number of hydrogen-bond acceptors (Lipinski definition) is 1. The molecule has 0 aromatic rings. The molecule has 118 valence electrons. The number of carbonyl (C=O) groups excluding carboxylic acids is 1. The van der Waals surface area contributed by atoms with Crippen molar-refractivity contribution in [3.63, 3.8) is 0 Å². The van der Waals surface area contributed by atoms with E-state index < -0.39 is 0 Å². The van der Waals surface area contributed by atoms with Gasteiger partial charge in [-0.2, -0.15) is 0 Å². The van der Waals surface area contributed by atoms with Gasteiger partial charge in [-0.1, -0.05) is 68.5 Å². The van der Waals surface area contributed by atoms with E-state index in [0.717, 1.165) is 6.29 Å². The maximum absolute atomic E-state index is 10.2. The molecule has 2 aliphatic rings. The van der Waals surface area contributed by atoms with E-state index in [0.29, 0.717) is 5.92 Å². The third-order valence-corrected chi connectivity index (χ3v) is 4.05. The van der Waals surface area contributed by atoms with Crippen molar-refractivity contribution < 1.29 is 4.79 Å². The lowest BCUT2D eigenvalue weighted by Crippen LogP contribution is -1.84. The molecule has 0 aliphatic heterocycles. The average molecular weight is 304 g/mol. The minimum atomic E-state index is 0.519. The number of fused-ring (bicyclic) bond motifs is 1. The van der Waals surface area contributed by atoms with Gasteiger partial charge in [-0.05, 0) is 59.2 Å². The van der Waals surface area contributed by atoms with Crippen LogP contribution in [0.1, 0.15) is 42.0 Å². The average Bonchev–Trinajstić information content (AvgIpc) is 2.70. The lowest BCUT2D eigenvalue weighted by atomic mass is 10.0. The first-order chi connectivity index (χ1) is 11.0. The second-order valence-corrected chi connectivity index (χ2v) is 6.15. The number of aldehydes is 1. The van der Waals surface area contributed by atoms with Crippen molar-refractivity contribution >= 4 is 12.4 Å². The number of rotatable bonds is 5. The number of aryl methyl sites for hydroxylation is 2. The fourth-order valence-electron chi connectivity index (χ4n) is 2.77. The van der Waals surface area contributed by atoms with Crippen LogP contribution in [-0.4, -0.2) is 6.29 Å². The SMILES string of the molecule is Cc1cc(C=CC=CC=CC=O)c2c(C)ccc(C(C)C)cc1-2. The summed E-state index contributed by atoms with van der Waals surface area (Å²) in [7, 11) is 0. The van der Waals surface area contributed by atoms with Crippen molar-refractivity contribution in [3.8, 4) is 11.1 Å². The van der Waals surface area contributed by atoms with Crippen LogP contribution in [0.2, 0.25) is 0 Å². The Morgan fingerprint density at radius 1 is 0.870 bits per heavy atom. The van der Waals surface area contributed by atoms with Gasteiger partial charge in [0, 0.05) is 0 Å². The van der Waals surface area contributed by atoms with Gasteiger partial charge in [-0.25, -0.2) is 0 Å². The smallest absolute Gasteiger partial charge is 0.142 e. The molecule has 23 heavy (non-hydrogen) atoms. The normalized spacial score (nSPS) is 12.4. The highest BCUT2D eigenvalue weighted by Crippen LogP contribution is 2.36. The maximum atomic E-state index is 10.2. The second kappa shape index (κ2) is 7.73. The van der Waals surface area contributed by atoms with Crippen molar-refractivity contribution in [2.75, 3.05) is 0 Å². The Kier molecular flexibility index (Phi) is 5.70. The van der Waals surface area contributed by atoms with E-state index in [1.807, 2.05) is 18.2 Å². The van der Waals surface area contributed by atoms with Crippen molar-refractivity contribution in [2.24, 2.45) is 0 Å². The van der Waals surface area contributed by atoms with Crippen LogP contribution in [0.4, 0.5) is 0 Å². The topological polar surface area (TPSA) is 17.1 Å². The quantitative estimate of drug-likeness (QED) is 0.384. The van der Waals surface area contributed by atoms with Crippen LogP contribution in [0.25, 0.3) is 17.2 Å². The molecule has 0 heterocycles. The minimum absolute atomic E-state index is 0.519. The molecule has 0 aromatic carbocycles. The summed E-state index contributed by atoms with van der Waals surface area (Å²) in [5.41, 5.74) is 7.87. The maximum Gasteiger partial charge on any atom is 0.142 e. The van der Waals surface area contributed by atoms with E-state index in [2.05, 4.69) is 58.0 Å². The first-order valence-electron chi connectivity index (χ1n) is 8.03. The van der Waals surface area contributed by atoms with Crippen LogP contribution < -0.4 is 0 Å². The molecule has 2 rings (SSSR count). The summed E-state index contributed by atoms with van der Waals surface area (Å²) >= 11 is 0. The lowest BCUT2D eigenvalue weighted by molar-refractivity contribution is -0.104. The van der Waals surface area contributed by atoms with Gasteiger partial charge in [0.2, 0.25) is 0 Å². The zero-order valence-corrected chi connectivity index (χ0v) is 14.3. The number of carbonyl (C=O) groups is 1. The van der Waals surface area contributed by atoms with Crippen LogP contribution in [0.15, 0.2) is 54.6 Å². The molecule has 2 aliphatic carbocycles. The lowest BCUT2D eigenvalue weighted by Gasteiger charge is -2.04. The van der Waals surface area contributed by atoms with E-state index in [1.54, 1.807) is 6.08 Å². The Bertz CT molecular complexity index is 745. The third kappa shape index (κ3) is 4.07. The summed E-state index contributed by atoms with van der Waals surface area (Å²) in [6.45, 7) is 8.80. The summed E-state index contributed by atoms with van der Waals surface area (Å²) in [4.78, 5) is 10.2. The molecule has 0 bridgehead atoms. The van der Waals surface area contributed by atoms with Gasteiger partial charge in [0.25, 0.3) is 0 Å². The van der Waals surface area contributed by atoms with Crippen LogP contribution in [0.5, 0.6) is 0 Å². The summed E-state index contributed by atoms with van der Waals surface area (Å²) in [5, 5.41) is 0. The van der Waals surface area contributed by atoms with Gasteiger partial charge in [-0.15, -0.1) is 0 Å². The van der Waals surface area contributed by atoms with Gasteiger partial charge in [0.15, 0.2) is 0 Å². The summed E-state index contributed by atoms with van der Waals surface area (Å²) in [6, 6.07) is 9.02. The molecule has 0 saturated heterocycles. The Hall–Kier alpha value is -2.41. The minimum Gasteiger partial charge on any atom is -0.299 e. The Balaban J connectivity index is 2.41. The Labute approximate surface area is 139 Å². The monoisotopic (exact) mass is 304 g/mol. The molecule has 0 unspecified atom stereocenters. The molecular weight excluding hydrogens is 280 g/mol. The molecule has 0 atom stereocenters. The van der Waals surface area contributed by atoms with E-state index in [-0.39, 0.29) is 0 Å². The summed E-state index contributed by atoms with van der Waals surface area (Å²) in [5.74, 6) is 0.519. The van der Waals surface area contributed by atoms with Crippen LogP contribution in [0.3, 0.4) is 0 Å². The fraction of sp³-hybridized carbons (Fsp3) is 0.227. The van der Waals surface area contributed by atoms with Gasteiger partial charge >= 0.3 is 0 Å². The third-order valence-electron chi connectivity index (χ3n) is 4.05. The predicted octanol–water partition coefficient (Wildman–Crippen LogP) is 5.86. The molecule has 0 saturated carbocycles. The molecule has 1 heteroatoms. The van der Waals surface area contributed by atoms with Gasteiger partial charge in [0.05, 0.1) is 0 Å². The van der Waals surface area contributed by atoms with E-state index in [4.69, 9.17) is 0 Å². The molecule has 0 aromatic heterocycles. The fourth-order valence-corrected chi connectivity index (χ4v) is 2.77. The first kappa shape index (κ1) is 17.0. The van der Waals surface area contributed by atoms with Crippen molar-refractivity contribution in [1.82, 2.24) is 0 Å². The van der Waals surface area contributed by atoms with Crippen molar-refractivity contribution in [3.05, 3.63) is 76.9 Å². The van der Waals surface area contributed by atoms with Crippen molar-refractivity contribution in [1.29, 1.82) is 0 Å². The summed E-state index contributed by atoms with van der Waals surface area (Å²) < 4.78 is 0. The molecular formula is C22H24O. The number of allylic oxidation sites excluding steroid dienone is 5. The molecule has 1 nitrogen and oxygen atoms in total. The van der Waals surface area contributed by atoms with Gasteiger partial charge in [-0.3, -0.25) is 4.79 Å². The van der Waals surface area contributed by atoms with Crippen LogP contribution >= 0.6 is 0 Å². The predicted molar refractivity (Wildman–Crippen MR) is 100 cm³/mol. The summed E-state index contributed by atoms with van der Waals surface area (Å²) in [6.07, 6.45) is 11.9. The molecule has 0 N–H and O–H groups in total. The highest BCUT2D eigenvalue weighted by atomic mass is 16.1. The van der Waals surface area contributed by atoms with Crippen LogP contribution in [-0.2, 0) is 4.79 Å². The molecule has 0 spiro atoms. The van der Waals surface area contributed by atoms with Gasteiger partial charge < -0.3 is 0 Å². The van der Waals surface area contributed by atoms with E-state index in [1.165, 1.54) is 39.5 Å². The van der Waals surface area contributed by atoms with Crippen LogP contribution in [0, 0.1) is 13.8 Å². The molecule has 0 amide bonds. The molecule has 0 radical (unpaired) electrons. The first-order valence-corrected chi connectivity index (χ1v) is 8.03. The Morgan fingerprint density at radius 3 is 2.26 bits per heavy atom. The van der Waals surface area contributed by atoms with E-state index in [9.17, 15) is 4.79 Å². The highest BCUT2D eigenvalue weighted by molar-refractivity contribution is 5.84. The number of hydrogen-bond donors (Lipinski definition) is 0. The second-order valence-electron chi connectivity index (χ2n) is 6.15. The van der Waals surface area contributed by atoms with Crippen molar-refractivity contribution in [2.45, 2.75) is 33.6 Å². The standard InChI is InChI=1S/C22H24O/c1-16(2)19-12-11-17(3)22-20(14-18(4)21(22)15-19)10-8-6-5-7-9-13-23/h5-16H,1-4H3.